The van der Waals surface area contributed by atoms with Crippen LogP contribution in [-0.2, 0) is 11.3 Å². The van der Waals surface area contributed by atoms with Gasteiger partial charge in [-0.3, -0.25) is 14.5 Å². The number of amides is 2. The largest absolute Gasteiger partial charge is 0.506 e. The number of piperidine rings is 4. The maximum atomic E-state index is 13.6. The lowest BCUT2D eigenvalue weighted by Gasteiger charge is -2.43. The van der Waals surface area contributed by atoms with Crippen molar-refractivity contribution >= 4 is 22.9 Å². The van der Waals surface area contributed by atoms with Gasteiger partial charge in [-0.1, -0.05) is 54.6 Å². The van der Waals surface area contributed by atoms with Crippen molar-refractivity contribution in [2.75, 3.05) is 53.0 Å². The zero-order valence-corrected chi connectivity index (χ0v) is 33.8. The zero-order chi connectivity index (χ0) is 41.6. The first-order valence-corrected chi connectivity index (χ1v) is 20.9. The summed E-state index contributed by atoms with van der Waals surface area (Å²) in [6, 6.07) is 28.8. The average Bonchev–Trinajstić information content (AvgIpc) is 3.28. The third-order valence-corrected chi connectivity index (χ3v) is 12.3. The second-order valence-electron chi connectivity index (χ2n) is 16.1. The molecule has 3 atom stereocenters. The van der Waals surface area contributed by atoms with Gasteiger partial charge in [0, 0.05) is 55.3 Å². The molecule has 4 aliphatic rings. The monoisotopic (exact) mass is 815 g/mol. The summed E-state index contributed by atoms with van der Waals surface area (Å²) in [5, 5.41) is 28.1. The molecule has 5 aromatic rings. The number of aromatic nitrogens is 1. The van der Waals surface area contributed by atoms with Crippen LogP contribution < -0.4 is 25.7 Å². The van der Waals surface area contributed by atoms with Crippen LogP contribution in [0, 0.1) is 11.8 Å². The number of aromatic amines is 1. The van der Waals surface area contributed by atoms with E-state index in [4.69, 9.17) is 14.2 Å². The summed E-state index contributed by atoms with van der Waals surface area (Å²) < 4.78 is 18.0. The number of pyridine rings is 1. The first kappa shape index (κ1) is 40.9. The van der Waals surface area contributed by atoms with Crippen molar-refractivity contribution in [3.05, 3.63) is 135 Å². The number of aromatic hydroxyl groups is 1. The Morgan fingerprint density at radius 2 is 1.67 bits per heavy atom. The minimum Gasteiger partial charge on any atom is -0.506 e. The van der Waals surface area contributed by atoms with Gasteiger partial charge in [0.15, 0.2) is 0 Å². The highest BCUT2D eigenvalue weighted by Crippen LogP contribution is 2.32. The van der Waals surface area contributed by atoms with Crippen LogP contribution in [0.25, 0.3) is 10.9 Å². The van der Waals surface area contributed by atoms with Gasteiger partial charge in [-0.2, -0.15) is 0 Å². The fourth-order valence-electron chi connectivity index (χ4n) is 8.85. The number of aliphatic hydroxyl groups is 1. The van der Waals surface area contributed by atoms with Crippen LogP contribution in [0.5, 0.6) is 17.2 Å². The summed E-state index contributed by atoms with van der Waals surface area (Å²) in [7, 11) is 1.57. The number of carbonyl (C=O) groups is 2. The minimum absolute atomic E-state index is 0.0565. The number of rotatable bonds is 14. The molecule has 0 spiro atoms. The molecule has 5 heterocycles. The number of nitrogens with one attached hydrogen (secondary N) is 3. The Labute approximate surface area is 349 Å². The van der Waals surface area contributed by atoms with Crippen LogP contribution in [0.1, 0.15) is 70.4 Å². The molecule has 9 rings (SSSR count). The topological polar surface area (TPSA) is 166 Å². The molecule has 13 nitrogen and oxygen atoms in total. The van der Waals surface area contributed by atoms with Gasteiger partial charge in [0.2, 0.25) is 5.56 Å². The van der Waals surface area contributed by atoms with Gasteiger partial charge in [-0.25, -0.2) is 4.79 Å². The first-order chi connectivity index (χ1) is 29.2. The summed E-state index contributed by atoms with van der Waals surface area (Å²) in [6.07, 6.45) is 2.36. The summed E-state index contributed by atoms with van der Waals surface area (Å²) in [6.45, 7) is 5.28. The lowest BCUT2D eigenvalue weighted by atomic mass is 9.86. The van der Waals surface area contributed by atoms with Gasteiger partial charge < -0.3 is 44.9 Å². The van der Waals surface area contributed by atoms with Gasteiger partial charge in [0.05, 0.1) is 31.4 Å². The third-order valence-electron chi connectivity index (χ3n) is 12.3. The minimum atomic E-state index is -0.907. The maximum absolute atomic E-state index is 13.6. The fraction of sp³-hybridized carbons (Fsp3) is 0.383. The molecule has 60 heavy (non-hydrogen) atoms. The van der Waals surface area contributed by atoms with Crippen molar-refractivity contribution in [1.29, 1.82) is 0 Å². The van der Waals surface area contributed by atoms with Gasteiger partial charge in [-0.15, -0.1) is 0 Å². The number of carbonyl (C=O) groups excluding carboxylic acids is 2. The number of nitrogens with zero attached hydrogens (tertiary/aromatic N) is 2. The highest BCUT2D eigenvalue weighted by atomic mass is 16.6. The summed E-state index contributed by atoms with van der Waals surface area (Å²) in [5.74, 6) is 1.87. The van der Waals surface area contributed by atoms with Crippen molar-refractivity contribution in [3.8, 4) is 17.2 Å². The number of methoxy groups -OCH3 is 1. The van der Waals surface area contributed by atoms with E-state index in [0.29, 0.717) is 54.4 Å². The summed E-state index contributed by atoms with van der Waals surface area (Å²) in [4.78, 5) is 45.6. The zero-order valence-electron chi connectivity index (χ0n) is 33.8. The van der Waals surface area contributed by atoms with Crippen LogP contribution >= 0.6 is 0 Å². The van der Waals surface area contributed by atoms with Crippen molar-refractivity contribution in [2.24, 2.45) is 11.8 Å². The molecule has 4 aromatic carbocycles. The highest BCUT2D eigenvalue weighted by molar-refractivity contribution is 5.95. The number of ether oxygens (including phenoxy) is 3. The van der Waals surface area contributed by atoms with Crippen LogP contribution in [0.15, 0.2) is 102 Å². The normalized spacial score (nSPS) is 20.0. The van der Waals surface area contributed by atoms with E-state index in [9.17, 15) is 24.6 Å². The van der Waals surface area contributed by atoms with Gasteiger partial charge in [0.25, 0.3) is 5.91 Å². The molecule has 2 bridgehead atoms. The molecule has 0 aliphatic carbocycles. The molecule has 4 fully saturated rings. The number of phenolic OH excluding ortho intramolecular Hbond substituents is 1. The quantitative estimate of drug-likeness (QED) is 0.0911. The standard InChI is InChI=1S/C47H53N5O8/c1-58-41-25-34(10-11-35(41)26-48-27-40(54)37-12-14-39(53)45-38(37)13-15-43(55)49-45)46(56)52-22-16-30(17-23-52)29-59-36-9-5-8-33(24-36)44(32-6-3-2-4-7-32)50-47(57)60-42-28-51-20-18-31(42)19-21-51/h2-15,24-25,30-31,40,42,44,48,53-54H,16-23,26-29H2,1H3,(H,49,55)(H,50,57)/t40?,42?,44-/m0/s1. The third kappa shape index (κ3) is 9.44. The van der Waals surface area contributed by atoms with E-state index < -0.39 is 18.2 Å². The summed E-state index contributed by atoms with van der Waals surface area (Å²) >= 11 is 0. The number of likely N-dealkylation sites (tertiary alicyclic amines) is 1. The SMILES string of the molecule is COc1cc(C(=O)N2CCC(COc3cccc([C@@H](NC(=O)OC4CN5CCC4CC5)c4ccccc4)c3)CC2)ccc1CNCC(O)c1ccc(O)c2[nH]c(=O)ccc12. The Morgan fingerprint density at radius 3 is 2.42 bits per heavy atom. The smallest absolute Gasteiger partial charge is 0.408 e. The van der Waals surface area contributed by atoms with Crippen molar-refractivity contribution in [2.45, 2.75) is 50.5 Å². The van der Waals surface area contributed by atoms with Gasteiger partial charge in [-0.05, 0) is 104 Å². The van der Waals surface area contributed by atoms with E-state index in [1.54, 1.807) is 31.4 Å². The van der Waals surface area contributed by atoms with E-state index in [1.165, 1.54) is 12.1 Å². The predicted molar refractivity (Wildman–Crippen MR) is 227 cm³/mol. The number of phenols is 1. The van der Waals surface area contributed by atoms with Crippen molar-refractivity contribution in [3.63, 3.8) is 0 Å². The number of benzene rings is 4. The highest BCUT2D eigenvalue weighted by Gasteiger charge is 2.37. The predicted octanol–water partition coefficient (Wildman–Crippen LogP) is 5.91. The number of hydrogen-bond acceptors (Lipinski definition) is 10. The second kappa shape index (κ2) is 18.6. The molecule has 314 valence electrons. The lowest BCUT2D eigenvalue weighted by Crippen LogP contribution is -2.52. The Hall–Kier alpha value is -5.89. The number of H-pyrrole nitrogens is 1. The number of hydrogen-bond donors (Lipinski definition) is 5. The Kier molecular flexibility index (Phi) is 12.7. The van der Waals surface area contributed by atoms with Gasteiger partial charge in [0.1, 0.15) is 23.4 Å². The molecular weight excluding hydrogens is 763 g/mol. The number of fused-ring (bicyclic) bond motifs is 4. The first-order valence-electron chi connectivity index (χ1n) is 20.9. The van der Waals surface area contributed by atoms with Crippen LogP contribution in [0.3, 0.4) is 0 Å². The number of aliphatic hydroxyl groups excluding tert-OH is 1. The molecule has 4 saturated heterocycles. The van der Waals surface area contributed by atoms with Crippen LogP contribution in [0.2, 0.25) is 0 Å². The van der Waals surface area contributed by atoms with Crippen molar-refractivity contribution < 1.29 is 34.0 Å². The van der Waals surface area contributed by atoms with E-state index in [1.807, 2.05) is 65.6 Å². The Balaban J connectivity index is 0.825. The maximum Gasteiger partial charge on any atom is 0.408 e. The molecule has 2 amide bonds. The van der Waals surface area contributed by atoms with E-state index in [0.717, 1.165) is 67.8 Å². The Bertz CT molecular complexity index is 2340. The van der Waals surface area contributed by atoms with E-state index >= 15 is 0 Å². The molecule has 5 N–H and O–H groups in total. The molecule has 1 aromatic heterocycles. The molecular formula is C47H53N5O8. The van der Waals surface area contributed by atoms with Gasteiger partial charge >= 0.3 is 6.09 Å². The van der Waals surface area contributed by atoms with E-state index in [-0.39, 0.29) is 41.3 Å². The van der Waals surface area contributed by atoms with Crippen LogP contribution in [-0.4, -0.2) is 96.1 Å². The number of alkyl carbamates (subject to hydrolysis) is 1. The molecule has 4 aliphatic heterocycles. The molecule has 0 radical (unpaired) electrons. The molecule has 0 saturated carbocycles. The fourth-order valence-corrected chi connectivity index (χ4v) is 8.85. The second-order valence-corrected chi connectivity index (χ2v) is 16.1. The molecule has 13 heteroatoms. The Morgan fingerprint density at radius 1 is 0.883 bits per heavy atom. The van der Waals surface area contributed by atoms with E-state index in [2.05, 4.69) is 20.5 Å². The van der Waals surface area contributed by atoms with Crippen LogP contribution in [0.4, 0.5) is 4.79 Å². The van der Waals surface area contributed by atoms with Crippen molar-refractivity contribution in [1.82, 2.24) is 25.4 Å². The summed E-state index contributed by atoms with van der Waals surface area (Å²) in [5.41, 5.74) is 3.75. The lowest BCUT2D eigenvalue weighted by molar-refractivity contribution is -0.0336. The average molecular weight is 816 g/mol. The molecule has 2 unspecified atom stereocenters.